The van der Waals surface area contributed by atoms with E-state index in [2.05, 4.69) is 10.3 Å². The Labute approximate surface area is 147 Å². The van der Waals surface area contributed by atoms with Gasteiger partial charge in [-0.3, -0.25) is 4.79 Å². The number of carbonyl (C=O) groups excluding carboxylic acids is 1. The molecule has 1 aromatic heterocycles. The van der Waals surface area contributed by atoms with Gasteiger partial charge in [-0.2, -0.15) is 0 Å². The van der Waals surface area contributed by atoms with E-state index in [9.17, 15) is 4.79 Å². The first-order valence-electron chi connectivity index (χ1n) is 6.57. The number of carbonyl (C=O) groups is 1. The monoisotopic (exact) mass is 361 g/mol. The Balaban J connectivity index is 0.00000220. The second kappa shape index (κ2) is 9.79. The van der Waals surface area contributed by atoms with Crippen LogP contribution in [0.25, 0.3) is 0 Å². The van der Waals surface area contributed by atoms with Crippen LogP contribution in [0.15, 0.2) is 30.3 Å². The van der Waals surface area contributed by atoms with Crippen LogP contribution in [0, 0.1) is 13.8 Å². The second-order valence-corrected chi connectivity index (χ2v) is 5.95. The van der Waals surface area contributed by atoms with Crippen LogP contribution in [-0.2, 0) is 11.3 Å². The van der Waals surface area contributed by atoms with Crippen LogP contribution in [0.3, 0.4) is 0 Å². The number of nitrogens with zero attached hydrogens (tertiary/aromatic N) is 1. The van der Waals surface area contributed by atoms with Crippen molar-refractivity contribution in [2.75, 3.05) is 6.54 Å². The number of amides is 1. The Hall–Kier alpha value is -1.14. The van der Waals surface area contributed by atoms with Gasteiger partial charge >= 0.3 is 0 Å². The highest BCUT2D eigenvalue weighted by Crippen LogP contribution is 2.18. The molecule has 7 heteroatoms. The van der Waals surface area contributed by atoms with Crippen molar-refractivity contribution >= 4 is 42.1 Å². The molecule has 2 aromatic rings. The van der Waals surface area contributed by atoms with Crippen LogP contribution in [0.1, 0.15) is 27.1 Å². The molecule has 1 amide bonds. The van der Waals surface area contributed by atoms with Gasteiger partial charge in [-0.15, -0.1) is 36.2 Å². The van der Waals surface area contributed by atoms with Crippen molar-refractivity contribution in [1.82, 2.24) is 10.3 Å². The lowest BCUT2D eigenvalue weighted by Gasteiger charge is -2.15. The van der Waals surface area contributed by atoms with Crippen molar-refractivity contribution in [2.24, 2.45) is 5.73 Å². The van der Waals surface area contributed by atoms with E-state index in [1.54, 1.807) is 11.3 Å². The van der Waals surface area contributed by atoms with Crippen LogP contribution in [0.5, 0.6) is 0 Å². The molecule has 1 aromatic carbocycles. The SMILES string of the molecule is Cc1nc(C)c(CNC(=O)C(CN)c2ccccc2)s1.Cl.Cl. The molecule has 2 rings (SSSR count). The molecule has 0 saturated heterocycles. The summed E-state index contributed by atoms with van der Waals surface area (Å²) in [5, 5.41) is 3.97. The lowest BCUT2D eigenvalue weighted by molar-refractivity contribution is -0.122. The number of benzene rings is 1. The van der Waals surface area contributed by atoms with Crippen LogP contribution >= 0.6 is 36.2 Å². The summed E-state index contributed by atoms with van der Waals surface area (Å²) in [6, 6.07) is 9.63. The third-order valence-corrected chi connectivity index (χ3v) is 4.25. The number of halogens is 2. The van der Waals surface area contributed by atoms with E-state index in [1.165, 1.54) is 0 Å². The van der Waals surface area contributed by atoms with Gasteiger partial charge in [-0.1, -0.05) is 30.3 Å². The maximum Gasteiger partial charge on any atom is 0.229 e. The molecule has 3 N–H and O–H groups in total. The van der Waals surface area contributed by atoms with Gasteiger partial charge in [0.2, 0.25) is 5.91 Å². The summed E-state index contributed by atoms with van der Waals surface area (Å²) >= 11 is 1.61. The van der Waals surface area contributed by atoms with E-state index in [4.69, 9.17) is 5.73 Å². The molecular formula is C15H21Cl2N3OS. The van der Waals surface area contributed by atoms with Crippen molar-refractivity contribution in [3.63, 3.8) is 0 Å². The van der Waals surface area contributed by atoms with E-state index in [0.717, 1.165) is 21.1 Å². The molecule has 0 aliphatic rings. The van der Waals surface area contributed by atoms with Gasteiger partial charge in [-0.25, -0.2) is 4.98 Å². The van der Waals surface area contributed by atoms with Gasteiger partial charge in [-0.05, 0) is 19.4 Å². The molecule has 0 aliphatic carbocycles. The average Bonchev–Trinajstić information content (AvgIpc) is 2.77. The zero-order valence-corrected chi connectivity index (χ0v) is 15.0. The van der Waals surface area contributed by atoms with Crippen molar-refractivity contribution in [3.05, 3.63) is 51.5 Å². The number of nitrogens with two attached hydrogens (primary N) is 1. The smallest absolute Gasteiger partial charge is 0.229 e. The van der Waals surface area contributed by atoms with Crippen molar-refractivity contribution in [3.8, 4) is 0 Å². The number of nitrogens with one attached hydrogen (secondary N) is 1. The maximum absolute atomic E-state index is 12.3. The molecule has 1 unspecified atom stereocenters. The highest BCUT2D eigenvalue weighted by molar-refractivity contribution is 7.11. The molecule has 0 bridgehead atoms. The normalized spacial score (nSPS) is 11.0. The molecule has 0 aliphatic heterocycles. The van der Waals surface area contributed by atoms with Gasteiger partial charge in [0.15, 0.2) is 0 Å². The third kappa shape index (κ3) is 5.25. The minimum atomic E-state index is -0.300. The summed E-state index contributed by atoms with van der Waals surface area (Å²) in [4.78, 5) is 17.7. The molecule has 122 valence electrons. The van der Waals surface area contributed by atoms with E-state index in [0.29, 0.717) is 13.1 Å². The number of rotatable bonds is 5. The van der Waals surface area contributed by atoms with E-state index >= 15 is 0 Å². The van der Waals surface area contributed by atoms with E-state index in [1.807, 2.05) is 44.2 Å². The Morgan fingerprint density at radius 1 is 1.27 bits per heavy atom. The summed E-state index contributed by atoms with van der Waals surface area (Å²) in [5.74, 6) is -0.338. The maximum atomic E-state index is 12.3. The summed E-state index contributed by atoms with van der Waals surface area (Å²) < 4.78 is 0. The number of hydrogen-bond acceptors (Lipinski definition) is 4. The summed E-state index contributed by atoms with van der Waals surface area (Å²) in [6.07, 6.45) is 0. The van der Waals surface area contributed by atoms with Crippen molar-refractivity contribution < 1.29 is 4.79 Å². The minimum Gasteiger partial charge on any atom is -0.351 e. The van der Waals surface area contributed by atoms with Gasteiger partial charge in [0.1, 0.15) is 0 Å². The predicted octanol–water partition coefficient (Wildman–Crippen LogP) is 2.96. The molecule has 0 radical (unpaired) electrons. The highest BCUT2D eigenvalue weighted by atomic mass is 35.5. The van der Waals surface area contributed by atoms with Gasteiger partial charge in [0.05, 0.1) is 23.2 Å². The Morgan fingerprint density at radius 2 is 1.91 bits per heavy atom. The lowest BCUT2D eigenvalue weighted by atomic mass is 9.98. The Morgan fingerprint density at radius 3 is 2.41 bits per heavy atom. The first-order chi connectivity index (χ1) is 9.61. The summed E-state index contributed by atoms with van der Waals surface area (Å²) in [6.45, 7) is 4.74. The summed E-state index contributed by atoms with van der Waals surface area (Å²) in [7, 11) is 0. The molecular weight excluding hydrogens is 341 g/mol. The molecule has 22 heavy (non-hydrogen) atoms. The molecule has 0 spiro atoms. The molecule has 0 fully saturated rings. The third-order valence-electron chi connectivity index (χ3n) is 3.18. The second-order valence-electron chi connectivity index (χ2n) is 4.66. The van der Waals surface area contributed by atoms with Crippen LogP contribution in [-0.4, -0.2) is 17.4 Å². The van der Waals surface area contributed by atoms with E-state index < -0.39 is 0 Å². The Kier molecular flexibility index (Phi) is 9.28. The molecule has 0 saturated carbocycles. The van der Waals surface area contributed by atoms with Crippen molar-refractivity contribution in [2.45, 2.75) is 26.3 Å². The van der Waals surface area contributed by atoms with E-state index in [-0.39, 0.29) is 36.6 Å². The quantitative estimate of drug-likeness (QED) is 0.859. The van der Waals surface area contributed by atoms with Crippen LogP contribution in [0.4, 0.5) is 0 Å². The highest BCUT2D eigenvalue weighted by Gasteiger charge is 2.18. The summed E-state index contributed by atoms with van der Waals surface area (Å²) in [5.41, 5.74) is 7.67. The van der Waals surface area contributed by atoms with Gasteiger partial charge in [0.25, 0.3) is 0 Å². The fraction of sp³-hybridized carbons (Fsp3) is 0.333. The minimum absolute atomic E-state index is 0. The molecule has 1 atom stereocenters. The molecule has 1 heterocycles. The average molecular weight is 362 g/mol. The lowest BCUT2D eigenvalue weighted by Crippen LogP contribution is -2.33. The topological polar surface area (TPSA) is 68.0 Å². The number of thiazole rings is 1. The fourth-order valence-corrected chi connectivity index (χ4v) is 2.98. The largest absolute Gasteiger partial charge is 0.351 e. The fourth-order valence-electron chi connectivity index (χ4n) is 2.11. The zero-order chi connectivity index (χ0) is 14.5. The Bertz CT molecular complexity index is 590. The number of aryl methyl sites for hydroxylation is 2. The zero-order valence-electron chi connectivity index (χ0n) is 12.5. The first-order valence-corrected chi connectivity index (χ1v) is 7.39. The molecule has 4 nitrogen and oxygen atoms in total. The standard InChI is InChI=1S/C15H19N3OS.2ClH/c1-10-14(20-11(2)18-10)9-17-15(19)13(8-16)12-6-4-3-5-7-12;;/h3-7,13H,8-9,16H2,1-2H3,(H,17,19);2*1H. The van der Waals surface area contributed by atoms with Gasteiger partial charge in [0, 0.05) is 11.4 Å². The van der Waals surface area contributed by atoms with Crippen LogP contribution in [0.2, 0.25) is 0 Å². The van der Waals surface area contributed by atoms with Gasteiger partial charge < -0.3 is 11.1 Å². The number of aromatic nitrogens is 1. The van der Waals surface area contributed by atoms with Crippen LogP contribution < -0.4 is 11.1 Å². The van der Waals surface area contributed by atoms with Crippen molar-refractivity contribution in [1.29, 1.82) is 0 Å². The first kappa shape index (κ1) is 20.9. The predicted molar refractivity (Wildman–Crippen MR) is 96.2 cm³/mol. The number of hydrogen-bond donors (Lipinski definition) is 2.